The van der Waals surface area contributed by atoms with Crippen molar-refractivity contribution >= 4 is 41.4 Å². The Balaban J connectivity index is -0.000000678. The fourth-order valence-corrected chi connectivity index (χ4v) is 2.76. The monoisotopic (exact) mass is 487 g/mol. The van der Waals surface area contributed by atoms with Crippen LogP contribution in [0.25, 0.3) is 10.9 Å². The number of nitrogens with two attached hydrogens (primary N) is 1. The van der Waals surface area contributed by atoms with Crippen LogP contribution in [0.3, 0.4) is 0 Å². The number of para-hydroxylation sites is 1. The number of halogens is 2. The van der Waals surface area contributed by atoms with Gasteiger partial charge in [0.1, 0.15) is 0 Å². The van der Waals surface area contributed by atoms with E-state index in [0.717, 1.165) is 16.6 Å². The van der Waals surface area contributed by atoms with Gasteiger partial charge >= 0.3 is 0 Å². The van der Waals surface area contributed by atoms with E-state index in [9.17, 15) is 10.2 Å². The lowest BCUT2D eigenvalue weighted by molar-refractivity contribution is -0.742. The molecule has 0 aliphatic rings. The smallest absolute Gasteiger partial charge is 0.291 e. The summed E-state index contributed by atoms with van der Waals surface area (Å²) in [5.74, 6) is 0. The van der Waals surface area contributed by atoms with Crippen LogP contribution >= 0.6 is 24.8 Å². The molecule has 0 amide bonds. The maximum Gasteiger partial charge on any atom is 0.291 e. The summed E-state index contributed by atoms with van der Waals surface area (Å²) in [6, 6.07) is 9.81. The van der Waals surface area contributed by atoms with Crippen LogP contribution in [0.2, 0.25) is 0 Å². The molecule has 0 saturated heterocycles. The third-order valence-corrected chi connectivity index (χ3v) is 3.85. The molecule has 0 bridgehead atoms. The number of pyridine rings is 1. The highest BCUT2D eigenvalue weighted by atomic mass is 35.5. The Kier molecular flexibility index (Phi) is 19.2. The second-order valence-electron chi connectivity index (χ2n) is 5.74. The van der Waals surface area contributed by atoms with Crippen molar-refractivity contribution in [2.24, 2.45) is 5.73 Å². The van der Waals surface area contributed by atoms with Crippen molar-refractivity contribution in [1.82, 2.24) is 4.98 Å². The average molecular weight is 488 g/mol. The van der Waals surface area contributed by atoms with Crippen molar-refractivity contribution in [3.63, 3.8) is 0 Å². The fourth-order valence-electron chi connectivity index (χ4n) is 2.76. The molecule has 0 aliphatic carbocycles. The molecule has 178 valence electrons. The van der Waals surface area contributed by atoms with Crippen LogP contribution in [0, 0.1) is 20.2 Å². The molecule has 0 fully saturated rings. The highest BCUT2D eigenvalue weighted by molar-refractivity contribution is 5.91. The first-order valence-corrected chi connectivity index (χ1v) is 8.41. The number of anilines is 1. The van der Waals surface area contributed by atoms with Gasteiger partial charge in [-0.2, -0.15) is 0 Å². The number of rotatable bonds is 8. The molecular formula is C16H27Cl2N5O8. The minimum absolute atomic E-state index is 0. The predicted molar refractivity (Wildman–Crippen MR) is 117 cm³/mol. The Morgan fingerprint density at radius 1 is 0.968 bits per heavy atom. The molecule has 0 spiro atoms. The lowest BCUT2D eigenvalue weighted by Crippen LogP contribution is -2.42. The lowest BCUT2D eigenvalue weighted by Gasteiger charge is -2.35. The molecule has 0 atom stereocenters. The molecule has 0 unspecified atom stereocenters. The van der Waals surface area contributed by atoms with E-state index in [4.69, 9.17) is 36.4 Å². The summed E-state index contributed by atoms with van der Waals surface area (Å²) >= 11 is 0. The summed E-state index contributed by atoms with van der Waals surface area (Å²) in [4.78, 5) is 21.1. The van der Waals surface area contributed by atoms with Gasteiger partial charge in [0, 0.05) is 36.0 Å². The molecular weight excluding hydrogens is 461 g/mol. The Hall–Kier alpha value is -2.71. The molecule has 31 heavy (non-hydrogen) atoms. The average Bonchev–Trinajstić information content (AvgIpc) is 2.62. The van der Waals surface area contributed by atoms with Crippen LogP contribution < -0.4 is 11.1 Å². The molecule has 2 aromatic rings. The number of nitrogens with zero attached hydrogens (tertiary/aromatic N) is 3. The zero-order valence-electron chi connectivity index (χ0n) is 16.4. The van der Waals surface area contributed by atoms with Crippen LogP contribution in [-0.2, 0) is 0 Å². The maximum atomic E-state index is 9.37. The second-order valence-corrected chi connectivity index (χ2v) is 5.74. The minimum atomic E-state index is -1.50. The maximum absolute atomic E-state index is 9.37. The number of aromatic nitrogens is 1. The first kappa shape index (κ1) is 32.9. The predicted octanol–water partition coefficient (Wildman–Crippen LogP) is 1.65. The van der Waals surface area contributed by atoms with Crippen molar-refractivity contribution in [2.75, 3.05) is 25.1 Å². The van der Waals surface area contributed by atoms with Gasteiger partial charge < -0.3 is 31.7 Å². The highest BCUT2D eigenvalue weighted by Crippen LogP contribution is 2.29. The Labute approximate surface area is 189 Å². The summed E-state index contributed by atoms with van der Waals surface area (Å²) < 4.78 is 0. The van der Waals surface area contributed by atoms with Gasteiger partial charge in [-0.25, -0.2) is 0 Å². The van der Waals surface area contributed by atoms with Crippen LogP contribution in [-0.4, -0.2) is 61.1 Å². The molecule has 1 heterocycles. The van der Waals surface area contributed by atoms with E-state index < -0.39 is 15.7 Å². The van der Waals surface area contributed by atoms with Gasteiger partial charge in [-0.3, -0.25) is 4.98 Å². The number of aliphatic hydroxyl groups excluding tert-OH is 2. The van der Waals surface area contributed by atoms with Crippen molar-refractivity contribution in [3.05, 3.63) is 56.8 Å². The molecule has 0 saturated carbocycles. The van der Waals surface area contributed by atoms with Crippen LogP contribution in [0.15, 0.2) is 36.5 Å². The zero-order chi connectivity index (χ0) is 22.3. The third kappa shape index (κ3) is 14.0. The summed E-state index contributed by atoms with van der Waals surface area (Å²) in [6.07, 6.45) is 3.53. The number of hydrogen-bond donors (Lipinski definition) is 6. The van der Waals surface area contributed by atoms with Gasteiger partial charge in [-0.15, -0.1) is 45.0 Å². The number of aliphatic hydroxyl groups is 2. The topological polar surface area (TPSA) is 218 Å². The fraction of sp³-hybridized carbons (Fsp3) is 0.438. The van der Waals surface area contributed by atoms with E-state index in [2.05, 4.69) is 10.3 Å². The van der Waals surface area contributed by atoms with E-state index in [1.807, 2.05) is 30.3 Å². The molecule has 1 aromatic heterocycles. The number of benzene rings is 1. The van der Waals surface area contributed by atoms with E-state index in [1.165, 1.54) is 0 Å². The lowest BCUT2D eigenvalue weighted by atomic mass is 9.87. The summed E-state index contributed by atoms with van der Waals surface area (Å²) in [7, 11) is 0. The van der Waals surface area contributed by atoms with Crippen molar-refractivity contribution < 1.29 is 30.8 Å². The molecule has 0 aliphatic heterocycles. The highest BCUT2D eigenvalue weighted by Gasteiger charge is 2.28. The Morgan fingerprint density at radius 3 is 1.90 bits per heavy atom. The summed E-state index contributed by atoms with van der Waals surface area (Å²) in [6.45, 7) is 0.599. The van der Waals surface area contributed by atoms with Gasteiger partial charge in [0.05, 0.1) is 5.52 Å². The van der Waals surface area contributed by atoms with E-state index in [-0.39, 0.29) is 38.0 Å². The molecule has 15 heteroatoms. The SMILES string of the molecule is Cl.Cl.NCCC(CCO)(CCO)Nc1ccnc2ccccc12.O=[N+]([O-])O.O=[N+]([O-])O. The van der Waals surface area contributed by atoms with Gasteiger partial charge in [-0.05, 0) is 37.9 Å². The van der Waals surface area contributed by atoms with Gasteiger partial charge in [-0.1, -0.05) is 18.2 Å². The first-order valence-electron chi connectivity index (χ1n) is 8.41. The van der Waals surface area contributed by atoms with Gasteiger partial charge in [0.15, 0.2) is 0 Å². The van der Waals surface area contributed by atoms with E-state index in [0.29, 0.717) is 25.8 Å². The number of hydrogen-bond acceptors (Lipinski definition) is 9. The minimum Gasteiger partial charge on any atom is -0.396 e. The van der Waals surface area contributed by atoms with Gasteiger partial charge in [0.25, 0.3) is 10.2 Å². The Bertz CT molecular complexity index is 729. The molecule has 7 N–H and O–H groups in total. The van der Waals surface area contributed by atoms with Crippen molar-refractivity contribution in [1.29, 1.82) is 0 Å². The molecule has 0 radical (unpaired) electrons. The first-order chi connectivity index (χ1) is 13.7. The Morgan fingerprint density at radius 2 is 1.45 bits per heavy atom. The largest absolute Gasteiger partial charge is 0.396 e. The van der Waals surface area contributed by atoms with Crippen LogP contribution in [0.1, 0.15) is 19.3 Å². The van der Waals surface area contributed by atoms with Crippen LogP contribution in [0.4, 0.5) is 5.69 Å². The van der Waals surface area contributed by atoms with Gasteiger partial charge in [0.2, 0.25) is 0 Å². The number of nitrogens with one attached hydrogen (secondary N) is 1. The van der Waals surface area contributed by atoms with E-state index >= 15 is 0 Å². The molecule has 2 rings (SSSR count). The number of fused-ring (bicyclic) bond motifs is 1. The van der Waals surface area contributed by atoms with E-state index in [1.54, 1.807) is 6.20 Å². The normalized spacial score (nSPS) is 9.52. The summed E-state index contributed by atoms with van der Waals surface area (Å²) in [5, 5.41) is 50.5. The van der Waals surface area contributed by atoms with Crippen molar-refractivity contribution in [2.45, 2.75) is 24.8 Å². The summed E-state index contributed by atoms with van der Waals surface area (Å²) in [5.41, 5.74) is 7.19. The second kappa shape index (κ2) is 18.1. The quantitative estimate of drug-likeness (QED) is 0.232. The van der Waals surface area contributed by atoms with Crippen LogP contribution in [0.5, 0.6) is 0 Å². The zero-order valence-corrected chi connectivity index (χ0v) is 18.0. The molecule has 1 aromatic carbocycles. The van der Waals surface area contributed by atoms with Crippen molar-refractivity contribution in [3.8, 4) is 0 Å². The standard InChI is InChI=1S/C16H23N3O2.2ClH.2HNO3/c17-9-6-16(7-11-20,8-12-21)19-15-5-10-18-14-4-2-1-3-13(14)15;;;2*2-1(3)4/h1-5,10,20-21H,6-9,11-12,17H2,(H,18,19);2*1H;2*(H,2,3,4). The third-order valence-electron chi connectivity index (χ3n) is 3.85. The molecule has 13 nitrogen and oxygen atoms in total.